The minimum absolute atomic E-state index is 0.111. The summed E-state index contributed by atoms with van der Waals surface area (Å²) in [6, 6.07) is 9.88. The summed E-state index contributed by atoms with van der Waals surface area (Å²) in [5, 5.41) is 3.00. The Hall–Kier alpha value is -2.08. The first-order valence-electron chi connectivity index (χ1n) is 11.0. The zero-order chi connectivity index (χ0) is 20.8. The molecule has 5 nitrogen and oxygen atoms in total. The van der Waals surface area contributed by atoms with E-state index in [4.69, 9.17) is 4.42 Å². The summed E-state index contributed by atoms with van der Waals surface area (Å²) in [5.74, 6) is 2.24. The molecule has 6 heteroatoms. The molecular formula is C24H29NO4S. The van der Waals surface area contributed by atoms with Gasteiger partial charge in [-0.1, -0.05) is 18.2 Å². The van der Waals surface area contributed by atoms with E-state index in [2.05, 4.69) is 5.32 Å². The molecule has 4 aliphatic rings. The van der Waals surface area contributed by atoms with Crippen molar-refractivity contribution in [1.29, 1.82) is 0 Å². The molecule has 0 radical (unpaired) electrons. The minimum Gasteiger partial charge on any atom is -0.459 e. The van der Waals surface area contributed by atoms with Gasteiger partial charge in [-0.25, -0.2) is 8.42 Å². The highest BCUT2D eigenvalue weighted by Crippen LogP contribution is 2.61. The number of carbonyl (C=O) groups is 1. The maximum atomic E-state index is 12.7. The monoisotopic (exact) mass is 427 g/mol. The Morgan fingerprint density at radius 1 is 1.00 bits per heavy atom. The van der Waals surface area contributed by atoms with Crippen LogP contribution in [0.5, 0.6) is 0 Å². The van der Waals surface area contributed by atoms with Gasteiger partial charge in [0.25, 0.3) is 5.91 Å². The highest BCUT2D eigenvalue weighted by atomic mass is 32.2. The Morgan fingerprint density at radius 3 is 2.27 bits per heavy atom. The second-order valence-electron chi connectivity index (χ2n) is 9.77. The first kappa shape index (κ1) is 19.9. The van der Waals surface area contributed by atoms with E-state index in [1.165, 1.54) is 44.8 Å². The predicted octanol–water partition coefficient (Wildman–Crippen LogP) is 4.59. The van der Waals surface area contributed by atoms with Gasteiger partial charge in [-0.2, -0.15) is 0 Å². The Bertz CT molecular complexity index is 989. The van der Waals surface area contributed by atoms with E-state index in [0.29, 0.717) is 17.5 Å². The zero-order valence-corrected chi connectivity index (χ0v) is 18.0. The lowest BCUT2D eigenvalue weighted by Crippen LogP contribution is -2.47. The number of benzene rings is 1. The van der Waals surface area contributed by atoms with E-state index >= 15 is 0 Å². The molecule has 1 amide bonds. The normalized spacial score (nSPS) is 29.8. The Balaban J connectivity index is 1.21. The van der Waals surface area contributed by atoms with Gasteiger partial charge in [0, 0.05) is 12.1 Å². The smallest absolute Gasteiger partial charge is 0.287 e. The molecule has 1 aromatic heterocycles. The molecule has 4 aliphatic carbocycles. The van der Waals surface area contributed by atoms with Gasteiger partial charge in [0.15, 0.2) is 15.6 Å². The number of rotatable bonds is 7. The van der Waals surface area contributed by atoms with E-state index in [0.717, 1.165) is 24.2 Å². The highest BCUT2D eigenvalue weighted by molar-refractivity contribution is 7.90. The third-order valence-electron chi connectivity index (χ3n) is 7.51. The molecule has 0 aliphatic heterocycles. The summed E-state index contributed by atoms with van der Waals surface area (Å²) < 4.78 is 30.7. The number of nitrogens with one attached hydrogen (secondary N) is 1. The molecule has 4 fully saturated rings. The van der Waals surface area contributed by atoms with Crippen LogP contribution in [0.25, 0.3) is 0 Å². The van der Waals surface area contributed by atoms with Crippen LogP contribution in [-0.2, 0) is 15.6 Å². The van der Waals surface area contributed by atoms with Crippen molar-refractivity contribution >= 4 is 15.7 Å². The van der Waals surface area contributed by atoms with Crippen molar-refractivity contribution in [3.8, 4) is 0 Å². The molecule has 1 N–H and O–H groups in total. The summed E-state index contributed by atoms with van der Waals surface area (Å²) in [5.41, 5.74) is 0.816. The first-order valence-corrected chi connectivity index (χ1v) is 12.7. The second-order valence-corrected chi connectivity index (χ2v) is 11.8. The third-order valence-corrected chi connectivity index (χ3v) is 9.19. The van der Waals surface area contributed by atoms with Gasteiger partial charge in [0.2, 0.25) is 0 Å². The molecule has 0 spiro atoms. The fourth-order valence-corrected chi connectivity index (χ4v) is 8.06. The van der Waals surface area contributed by atoms with Crippen LogP contribution in [-0.4, -0.2) is 20.9 Å². The van der Waals surface area contributed by atoms with Gasteiger partial charge in [-0.15, -0.1) is 0 Å². The molecule has 30 heavy (non-hydrogen) atoms. The van der Waals surface area contributed by atoms with Crippen LogP contribution < -0.4 is 5.32 Å². The molecule has 1 aromatic carbocycles. The van der Waals surface area contributed by atoms with Gasteiger partial charge in [0.1, 0.15) is 0 Å². The average Bonchev–Trinajstić information content (AvgIpc) is 3.15. The summed E-state index contributed by atoms with van der Waals surface area (Å²) in [4.78, 5) is 13.0. The van der Waals surface area contributed by atoms with Crippen LogP contribution in [0.4, 0.5) is 0 Å². The fraction of sp³-hybridized carbons (Fsp3) is 0.542. The zero-order valence-electron chi connectivity index (χ0n) is 17.2. The average molecular weight is 428 g/mol. The molecule has 6 rings (SSSR count). The molecule has 0 atom stereocenters. The van der Waals surface area contributed by atoms with Crippen LogP contribution in [0, 0.1) is 23.2 Å². The topological polar surface area (TPSA) is 76.4 Å². The maximum absolute atomic E-state index is 12.7. The number of hydrogen-bond donors (Lipinski definition) is 1. The van der Waals surface area contributed by atoms with Gasteiger partial charge in [0.05, 0.1) is 16.9 Å². The Labute approximate surface area is 178 Å². The highest BCUT2D eigenvalue weighted by Gasteiger charge is 2.50. The fourth-order valence-electron chi connectivity index (χ4n) is 6.68. The molecular weight excluding hydrogens is 398 g/mol. The number of amides is 1. The number of hydrogen-bond acceptors (Lipinski definition) is 4. The molecule has 160 valence electrons. The first-order chi connectivity index (χ1) is 14.4. The summed E-state index contributed by atoms with van der Waals surface area (Å²) >= 11 is 0. The summed E-state index contributed by atoms with van der Waals surface area (Å²) in [7, 11) is -3.53. The van der Waals surface area contributed by atoms with E-state index in [1.807, 2.05) is 0 Å². The van der Waals surface area contributed by atoms with Crippen molar-refractivity contribution in [2.24, 2.45) is 23.2 Å². The van der Waals surface area contributed by atoms with Crippen LogP contribution in [0.1, 0.15) is 61.1 Å². The van der Waals surface area contributed by atoms with E-state index < -0.39 is 9.84 Å². The van der Waals surface area contributed by atoms with Crippen molar-refractivity contribution in [2.75, 3.05) is 6.54 Å². The van der Waals surface area contributed by atoms with Gasteiger partial charge >= 0.3 is 0 Å². The number of sulfone groups is 1. The van der Waals surface area contributed by atoms with E-state index in [9.17, 15) is 13.2 Å². The quantitative estimate of drug-likeness (QED) is 0.701. The molecule has 0 saturated heterocycles. The van der Waals surface area contributed by atoms with Gasteiger partial charge in [-0.05, 0) is 86.3 Å². The minimum atomic E-state index is -3.53. The van der Waals surface area contributed by atoms with Crippen LogP contribution in [0.2, 0.25) is 0 Å². The molecule has 4 bridgehead atoms. The lowest BCUT2D eigenvalue weighted by atomic mass is 9.49. The number of carbonyl (C=O) groups excluding carboxylic acids is 1. The van der Waals surface area contributed by atoms with Crippen LogP contribution in [0.3, 0.4) is 0 Å². The predicted molar refractivity (Wildman–Crippen MR) is 114 cm³/mol. The Kier molecular flexibility index (Phi) is 5.00. The van der Waals surface area contributed by atoms with Crippen molar-refractivity contribution < 1.29 is 17.6 Å². The molecule has 4 saturated carbocycles. The van der Waals surface area contributed by atoms with Crippen molar-refractivity contribution in [2.45, 2.75) is 55.6 Å². The number of furan rings is 1. The van der Waals surface area contributed by atoms with Crippen molar-refractivity contribution in [1.82, 2.24) is 5.32 Å². The standard InChI is InChI=1S/C24H29NO4S/c26-23(25-8-7-24-13-17-10-18(14-24)12-19(11-17)15-24)22-20(6-9-29-22)16-30(27,28)21-4-2-1-3-5-21/h1-6,9,17-19H,7-8,10-16H2,(H,25,26). The lowest BCUT2D eigenvalue weighted by Gasteiger charge is -2.57. The maximum Gasteiger partial charge on any atom is 0.287 e. The van der Waals surface area contributed by atoms with Gasteiger partial charge < -0.3 is 9.73 Å². The van der Waals surface area contributed by atoms with Crippen LogP contribution in [0.15, 0.2) is 52.0 Å². The summed E-state index contributed by atoms with van der Waals surface area (Å²) in [6.45, 7) is 0.622. The largest absolute Gasteiger partial charge is 0.459 e. The molecule has 2 aromatic rings. The second kappa shape index (κ2) is 7.56. The SMILES string of the molecule is O=C(NCCC12CC3CC(CC(C3)C1)C2)c1occc1CS(=O)(=O)c1ccccc1. The molecule has 0 unspecified atom stereocenters. The van der Waals surface area contributed by atoms with E-state index in [-0.39, 0.29) is 22.3 Å². The van der Waals surface area contributed by atoms with Crippen molar-refractivity contribution in [3.63, 3.8) is 0 Å². The third kappa shape index (κ3) is 3.82. The van der Waals surface area contributed by atoms with Crippen molar-refractivity contribution in [3.05, 3.63) is 54.0 Å². The Morgan fingerprint density at radius 2 is 1.63 bits per heavy atom. The lowest BCUT2D eigenvalue weighted by molar-refractivity contribution is -0.0564. The van der Waals surface area contributed by atoms with Crippen LogP contribution >= 0.6 is 0 Å². The van der Waals surface area contributed by atoms with E-state index in [1.54, 1.807) is 36.4 Å². The summed E-state index contributed by atoms with van der Waals surface area (Å²) in [6.07, 6.45) is 10.6. The van der Waals surface area contributed by atoms with Gasteiger partial charge in [-0.3, -0.25) is 4.79 Å². The molecule has 1 heterocycles.